The smallest absolute Gasteiger partial charge is 0.129 e. The summed E-state index contributed by atoms with van der Waals surface area (Å²) in [5.74, 6) is 0.969. The fraction of sp³-hybridized carbons (Fsp3) is 0.308. The second-order valence-electron chi connectivity index (χ2n) is 4.22. The first-order valence-electron chi connectivity index (χ1n) is 5.49. The number of pyridine rings is 1. The van der Waals surface area contributed by atoms with Crippen molar-refractivity contribution in [2.75, 3.05) is 18.5 Å². The SMILES string of the molecule is CC(N)CN(C)c1ccc2ccccc2n1. The van der Waals surface area contributed by atoms with Crippen LogP contribution in [0, 0.1) is 0 Å². The second-order valence-corrected chi connectivity index (χ2v) is 4.22. The Morgan fingerprint density at radius 3 is 2.75 bits per heavy atom. The van der Waals surface area contributed by atoms with Crippen molar-refractivity contribution in [3.63, 3.8) is 0 Å². The molecule has 2 N–H and O–H groups in total. The predicted octanol–water partition coefficient (Wildman–Crippen LogP) is 2.02. The summed E-state index contributed by atoms with van der Waals surface area (Å²) in [6, 6.07) is 12.4. The topological polar surface area (TPSA) is 42.1 Å². The van der Waals surface area contributed by atoms with Crippen molar-refractivity contribution < 1.29 is 0 Å². The van der Waals surface area contributed by atoms with Crippen LogP contribution in [-0.4, -0.2) is 24.6 Å². The van der Waals surface area contributed by atoms with Gasteiger partial charge in [0.15, 0.2) is 0 Å². The molecule has 2 rings (SSSR count). The van der Waals surface area contributed by atoms with Gasteiger partial charge in [-0.15, -0.1) is 0 Å². The normalized spacial score (nSPS) is 12.7. The molecule has 0 saturated carbocycles. The van der Waals surface area contributed by atoms with Gasteiger partial charge in [-0.2, -0.15) is 0 Å². The number of hydrogen-bond donors (Lipinski definition) is 1. The Hall–Kier alpha value is -1.61. The standard InChI is InChI=1S/C13H17N3/c1-10(14)9-16(2)13-8-7-11-5-3-4-6-12(11)15-13/h3-8,10H,9,14H2,1-2H3. The van der Waals surface area contributed by atoms with Crippen LogP contribution in [0.1, 0.15) is 6.92 Å². The molecular formula is C13H17N3. The van der Waals surface area contributed by atoms with Gasteiger partial charge in [0.25, 0.3) is 0 Å². The Kier molecular flexibility index (Phi) is 3.06. The molecule has 1 unspecified atom stereocenters. The molecule has 0 bridgehead atoms. The molecule has 84 valence electrons. The van der Waals surface area contributed by atoms with Crippen LogP contribution in [0.15, 0.2) is 36.4 Å². The molecule has 3 heteroatoms. The number of nitrogens with two attached hydrogens (primary N) is 1. The van der Waals surface area contributed by atoms with E-state index in [2.05, 4.69) is 22.0 Å². The van der Waals surface area contributed by atoms with Crippen molar-refractivity contribution in [2.45, 2.75) is 13.0 Å². The molecule has 0 fully saturated rings. The Bertz CT molecular complexity index is 479. The molecule has 1 aromatic heterocycles. The third-order valence-electron chi connectivity index (χ3n) is 2.54. The molecule has 1 aromatic carbocycles. The molecule has 0 aliphatic rings. The lowest BCUT2D eigenvalue weighted by Gasteiger charge is -2.20. The van der Waals surface area contributed by atoms with Gasteiger partial charge in [0.2, 0.25) is 0 Å². The zero-order chi connectivity index (χ0) is 11.5. The average molecular weight is 215 g/mol. The summed E-state index contributed by atoms with van der Waals surface area (Å²) in [6.07, 6.45) is 0. The van der Waals surface area contributed by atoms with Gasteiger partial charge in [0, 0.05) is 25.0 Å². The van der Waals surface area contributed by atoms with Crippen LogP contribution in [0.4, 0.5) is 5.82 Å². The van der Waals surface area contributed by atoms with Crippen LogP contribution in [0.5, 0.6) is 0 Å². The maximum Gasteiger partial charge on any atom is 0.129 e. The number of para-hydroxylation sites is 1. The van der Waals surface area contributed by atoms with E-state index in [1.807, 2.05) is 38.2 Å². The van der Waals surface area contributed by atoms with Gasteiger partial charge in [0.05, 0.1) is 5.52 Å². The van der Waals surface area contributed by atoms with Gasteiger partial charge in [-0.05, 0) is 25.1 Å². The molecule has 2 aromatic rings. The zero-order valence-corrected chi connectivity index (χ0v) is 9.72. The second kappa shape index (κ2) is 4.49. The van der Waals surface area contributed by atoms with Gasteiger partial charge in [-0.25, -0.2) is 4.98 Å². The van der Waals surface area contributed by atoms with Crippen LogP contribution in [0.25, 0.3) is 10.9 Å². The molecule has 0 aliphatic heterocycles. The van der Waals surface area contributed by atoms with Crippen LogP contribution < -0.4 is 10.6 Å². The Morgan fingerprint density at radius 1 is 1.25 bits per heavy atom. The summed E-state index contributed by atoms with van der Waals surface area (Å²) in [5.41, 5.74) is 6.80. The number of rotatable bonds is 3. The molecular weight excluding hydrogens is 198 g/mol. The summed E-state index contributed by atoms with van der Waals surface area (Å²) in [5, 5.41) is 1.17. The maximum absolute atomic E-state index is 5.77. The van der Waals surface area contributed by atoms with Crippen LogP contribution in [0.2, 0.25) is 0 Å². The quantitative estimate of drug-likeness (QED) is 0.851. The minimum absolute atomic E-state index is 0.151. The van der Waals surface area contributed by atoms with E-state index in [9.17, 15) is 0 Å². The number of benzene rings is 1. The first kappa shape index (κ1) is 10.9. The number of fused-ring (bicyclic) bond motifs is 1. The summed E-state index contributed by atoms with van der Waals surface area (Å²) in [6.45, 7) is 2.81. The molecule has 0 amide bonds. The summed E-state index contributed by atoms with van der Waals surface area (Å²) in [7, 11) is 2.01. The number of nitrogens with zero attached hydrogens (tertiary/aromatic N) is 2. The van der Waals surface area contributed by atoms with E-state index in [-0.39, 0.29) is 6.04 Å². The number of hydrogen-bond acceptors (Lipinski definition) is 3. The van der Waals surface area contributed by atoms with E-state index in [1.54, 1.807) is 0 Å². The third kappa shape index (κ3) is 2.31. The number of anilines is 1. The van der Waals surface area contributed by atoms with E-state index >= 15 is 0 Å². The van der Waals surface area contributed by atoms with Gasteiger partial charge in [-0.3, -0.25) is 0 Å². The minimum Gasteiger partial charge on any atom is -0.358 e. The van der Waals surface area contributed by atoms with Crippen molar-refractivity contribution in [2.24, 2.45) is 5.73 Å². The molecule has 0 radical (unpaired) electrons. The van der Waals surface area contributed by atoms with E-state index in [1.165, 1.54) is 5.39 Å². The van der Waals surface area contributed by atoms with E-state index in [0.717, 1.165) is 17.9 Å². The molecule has 3 nitrogen and oxygen atoms in total. The highest BCUT2D eigenvalue weighted by Crippen LogP contribution is 2.16. The fourth-order valence-corrected chi connectivity index (χ4v) is 1.79. The van der Waals surface area contributed by atoms with Crippen LogP contribution >= 0.6 is 0 Å². The number of likely N-dealkylation sites (N-methyl/N-ethyl adjacent to an activating group) is 1. The molecule has 0 spiro atoms. The summed E-state index contributed by atoms with van der Waals surface area (Å²) in [4.78, 5) is 6.68. The first-order valence-corrected chi connectivity index (χ1v) is 5.49. The highest BCUT2D eigenvalue weighted by atomic mass is 15.2. The third-order valence-corrected chi connectivity index (χ3v) is 2.54. The van der Waals surface area contributed by atoms with Gasteiger partial charge in [0.1, 0.15) is 5.82 Å². The number of aromatic nitrogens is 1. The lowest BCUT2D eigenvalue weighted by atomic mass is 10.2. The fourth-order valence-electron chi connectivity index (χ4n) is 1.79. The predicted molar refractivity (Wildman–Crippen MR) is 68.7 cm³/mol. The average Bonchev–Trinajstić information content (AvgIpc) is 2.27. The lowest BCUT2D eigenvalue weighted by Crippen LogP contribution is -2.33. The van der Waals surface area contributed by atoms with Crippen molar-refractivity contribution in [3.05, 3.63) is 36.4 Å². The van der Waals surface area contributed by atoms with Gasteiger partial charge >= 0.3 is 0 Å². The first-order chi connectivity index (χ1) is 7.66. The molecule has 0 aliphatic carbocycles. The largest absolute Gasteiger partial charge is 0.358 e. The molecule has 16 heavy (non-hydrogen) atoms. The van der Waals surface area contributed by atoms with Gasteiger partial charge in [-0.1, -0.05) is 18.2 Å². The maximum atomic E-state index is 5.77. The molecule has 1 atom stereocenters. The summed E-state index contributed by atoms with van der Waals surface area (Å²) >= 11 is 0. The minimum atomic E-state index is 0.151. The van der Waals surface area contributed by atoms with Crippen molar-refractivity contribution in [1.82, 2.24) is 4.98 Å². The van der Waals surface area contributed by atoms with Gasteiger partial charge < -0.3 is 10.6 Å². The Balaban J connectivity index is 2.32. The van der Waals surface area contributed by atoms with E-state index < -0.39 is 0 Å². The van der Waals surface area contributed by atoms with Crippen molar-refractivity contribution in [3.8, 4) is 0 Å². The van der Waals surface area contributed by atoms with E-state index in [4.69, 9.17) is 5.73 Å². The van der Waals surface area contributed by atoms with E-state index in [0.29, 0.717) is 0 Å². The lowest BCUT2D eigenvalue weighted by molar-refractivity contribution is 0.713. The highest BCUT2D eigenvalue weighted by molar-refractivity contribution is 5.80. The monoisotopic (exact) mass is 215 g/mol. The highest BCUT2D eigenvalue weighted by Gasteiger charge is 2.05. The van der Waals surface area contributed by atoms with Crippen LogP contribution in [0.3, 0.4) is 0 Å². The summed E-state index contributed by atoms with van der Waals surface area (Å²) < 4.78 is 0. The van der Waals surface area contributed by atoms with Crippen molar-refractivity contribution in [1.29, 1.82) is 0 Å². The molecule has 1 heterocycles. The molecule has 0 saturated heterocycles. The zero-order valence-electron chi connectivity index (χ0n) is 9.72. The van der Waals surface area contributed by atoms with Crippen molar-refractivity contribution >= 4 is 16.7 Å². The Morgan fingerprint density at radius 2 is 2.00 bits per heavy atom. The Labute approximate surface area is 95.9 Å². The van der Waals surface area contributed by atoms with Crippen LogP contribution in [-0.2, 0) is 0 Å².